The Bertz CT molecular complexity index is 1710. The number of thiazole rings is 1. The molecule has 194 valence electrons. The van der Waals surface area contributed by atoms with E-state index in [4.69, 9.17) is 4.98 Å². The zero-order chi connectivity index (χ0) is 27.1. The lowest BCUT2D eigenvalue weighted by molar-refractivity contribution is -0.122. The molecule has 0 saturated carbocycles. The summed E-state index contributed by atoms with van der Waals surface area (Å²) in [7, 11) is 0. The Morgan fingerprint density at radius 3 is 2.54 bits per heavy atom. The number of thiophene rings is 1. The van der Waals surface area contributed by atoms with Crippen molar-refractivity contribution in [2.75, 3.05) is 4.90 Å². The van der Waals surface area contributed by atoms with Crippen molar-refractivity contribution in [2.45, 2.75) is 32.9 Å². The number of nitrogens with zero attached hydrogens (tertiary/aromatic N) is 3. The van der Waals surface area contributed by atoms with Crippen LogP contribution in [-0.4, -0.2) is 33.6 Å². The number of amides is 3. The first kappa shape index (κ1) is 25.2. The third kappa shape index (κ3) is 4.77. The number of rotatable bonds is 6. The van der Waals surface area contributed by atoms with E-state index in [0.29, 0.717) is 11.3 Å². The second kappa shape index (κ2) is 10.2. The van der Waals surface area contributed by atoms with E-state index in [1.165, 1.54) is 21.8 Å². The Morgan fingerprint density at radius 1 is 1.00 bits per heavy atom. The highest BCUT2D eigenvalue weighted by Crippen LogP contribution is 2.34. The molecule has 39 heavy (non-hydrogen) atoms. The van der Waals surface area contributed by atoms with E-state index < -0.39 is 6.04 Å². The molecule has 0 aliphatic carbocycles. The van der Waals surface area contributed by atoms with Gasteiger partial charge in [-0.1, -0.05) is 30.3 Å². The van der Waals surface area contributed by atoms with E-state index in [0.717, 1.165) is 31.2 Å². The van der Waals surface area contributed by atoms with Gasteiger partial charge in [0.1, 0.15) is 11.0 Å². The van der Waals surface area contributed by atoms with E-state index >= 15 is 0 Å². The van der Waals surface area contributed by atoms with Gasteiger partial charge in [-0.15, -0.1) is 22.7 Å². The molecule has 0 spiro atoms. The van der Waals surface area contributed by atoms with Gasteiger partial charge in [0, 0.05) is 16.0 Å². The van der Waals surface area contributed by atoms with Crippen molar-refractivity contribution in [1.29, 1.82) is 0 Å². The molecular formula is C31H25N3O3S2. The minimum Gasteiger partial charge on any atom is -0.321 e. The highest BCUT2D eigenvalue weighted by Gasteiger charge is 2.44. The van der Waals surface area contributed by atoms with Gasteiger partial charge in [-0.2, -0.15) is 0 Å². The molecule has 0 radical (unpaired) electrons. The molecule has 3 heterocycles. The lowest BCUT2D eigenvalue weighted by Crippen LogP contribution is -2.45. The summed E-state index contributed by atoms with van der Waals surface area (Å²) in [5.74, 6) is -0.959. The zero-order valence-electron chi connectivity index (χ0n) is 21.5. The minimum absolute atomic E-state index is 0.0548. The number of anilines is 1. The first-order chi connectivity index (χ1) is 18.9. The van der Waals surface area contributed by atoms with Gasteiger partial charge in [0.05, 0.1) is 28.9 Å². The van der Waals surface area contributed by atoms with E-state index in [1.54, 1.807) is 34.4 Å². The predicted molar refractivity (Wildman–Crippen MR) is 156 cm³/mol. The molecule has 3 amide bonds. The predicted octanol–water partition coefficient (Wildman–Crippen LogP) is 6.62. The number of carbonyl (C=O) groups excluding carboxylic acids is 3. The van der Waals surface area contributed by atoms with Crippen molar-refractivity contribution in [2.24, 2.45) is 0 Å². The van der Waals surface area contributed by atoms with Crippen LogP contribution in [0.4, 0.5) is 5.69 Å². The molecular weight excluding hydrogens is 526 g/mol. The highest BCUT2D eigenvalue weighted by atomic mass is 32.1. The minimum atomic E-state index is -0.876. The van der Waals surface area contributed by atoms with Crippen LogP contribution in [0.2, 0.25) is 0 Å². The molecule has 0 N–H and O–H groups in total. The SMILES string of the molecule is Cc1ccc2nc(-c3ccc(N4C(=O)CC(N(Cc5cccs5)C(=O)c5ccccc5C)C4=O)cc3)sc2c1. The number of imide groups is 1. The number of aryl methyl sites for hydroxylation is 2. The van der Waals surface area contributed by atoms with Crippen molar-refractivity contribution < 1.29 is 14.4 Å². The molecule has 1 unspecified atom stereocenters. The van der Waals surface area contributed by atoms with Gasteiger partial charge in [-0.05, 0) is 78.9 Å². The summed E-state index contributed by atoms with van der Waals surface area (Å²) in [6.45, 7) is 4.19. The van der Waals surface area contributed by atoms with Crippen LogP contribution < -0.4 is 4.90 Å². The first-order valence-corrected chi connectivity index (χ1v) is 14.3. The molecule has 0 bridgehead atoms. The normalized spacial score (nSPS) is 15.3. The van der Waals surface area contributed by atoms with Gasteiger partial charge in [0.2, 0.25) is 5.91 Å². The first-order valence-electron chi connectivity index (χ1n) is 12.6. The molecule has 8 heteroatoms. The Balaban J connectivity index is 1.29. The molecule has 1 aliphatic heterocycles. The third-order valence-electron chi connectivity index (χ3n) is 6.96. The monoisotopic (exact) mass is 551 g/mol. The number of carbonyl (C=O) groups is 3. The van der Waals surface area contributed by atoms with Crippen LogP contribution in [0.3, 0.4) is 0 Å². The number of hydrogen-bond donors (Lipinski definition) is 0. The second-order valence-electron chi connectivity index (χ2n) is 9.65. The largest absolute Gasteiger partial charge is 0.321 e. The molecule has 1 fully saturated rings. The molecule has 6 nitrogen and oxygen atoms in total. The van der Waals surface area contributed by atoms with Gasteiger partial charge in [0.15, 0.2) is 0 Å². The van der Waals surface area contributed by atoms with Gasteiger partial charge in [-0.3, -0.25) is 14.4 Å². The topological polar surface area (TPSA) is 70.6 Å². The summed E-state index contributed by atoms with van der Waals surface area (Å²) in [5, 5.41) is 2.82. The van der Waals surface area contributed by atoms with Gasteiger partial charge >= 0.3 is 0 Å². The fourth-order valence-corrected chi connectivity index (χ4v) is 6.67. The maximum atomic E-state index is 13.7. The smallest absolute Gasteiger partial charge is 0.257 e. The van der Waals surface area contributed by atoms with Gasteiger partial charge in [-0.25, -0.2) is 9.88 Å². The Labute approximate surface area is 234 Å². The summed E-state index contributed by atoms with van der Waals surface area (Å²) >= 11 is 3.13. The number of benzene rings is 3. The second-order valence-corrected chi connectivity index (χ2v) is 11.7. The summed E-state index contributed by atoms with van der Waals surface area (Å²) in [4.78, 5) is 49.1. The number of aromatic nitrogens is 1. The number of hydrogen-bond acceptors (Lipinski definition) is 6. The number of fused-ring (bicyclic) bond motifs is 1. The standard InChI is InChI=1S/C31H25N3O3S2/c1-19-9-14-25-27(16-19)39-29(32-25)21-10-12-22(13-11-21)34-28(35)17-26(31(34)37)33(18-23-7-5-15-38-23)30(36)24-8-4-3-6-20(24)2/h3-16,26H,17-18H2,1-2H3. The fraction of sp³-hybridized carbons (Fsp3) is 0.161. The summed E-state index contributed by atoms with van der Waals surface area (Å²) in [6, 6.07) is 23.8. The van der Waals surface area contributed by atoms with E-state index in [9.17, 15) is 14.4 Å². The van der Waals surface area contributed by atoms with Crippen LogP contribution in [0.15, 0.2) is 84.2 Å². The van der Waals surface area contributed by atoms with Gasteiger partial charge < -0.3 is 4.90 Å². The Kier molecular flexibility index (Phi) is 6.58. The zero-order valence-corrected chi connectivity index (χ0v) is 23.1. The summed E-state index contributed by atoms with van der Waals surface area (Å²) in [6.07, 6.45) is -0.0548. The Morgan fingerprint density at radius 2 is 1.79 bits per heavy atom. The van der Waals surface area contributed by atoms with Crippen LogP contribution in [0.1, 0.15) is 32.8 Å². The average molecular weight is 552 g/mol. The van der Waals surface area contributed by atoms with E-state index in [2.05, 4.69) is 13.0 Å². The van der Waals surface area contributed by atoms with E-state index in [1.807, 2.05) is 66.9 Å². The van der Waals surface area contributed by atoms with Crippen molar-refractivity contribution in [3.63, 3.8) is 0 Å². The Hall–Kier alpha value is -4.14. The van der Waals surface area contributed by atoms with Crippen molar-refractivity contribution in [3.8, 4) is 10.6 Å². The molecule has 2 aromatic heterocycles. The quantitative estimate of drug-likeness (QED) is 0.223. The fourth-order valence-electron chi connectivity index (χ4n) is 4.90. The van der Waals surface area contributed by atoms with Crippen LogP contribution in [0.25, 0.3) is 20.8 Å². The molecule has 6 rings (SSSR count). The van der Waals surface area contributed by atoms with Crippen LogP contribution in [0.5, 0.6) is 0 Å². The van der Waals surface area contributed by atoms with Crippen molar-refractivity contribution >= 4 is 56.3 Å². The maximum absolute atomic E-state index is 13.7. The maximum Gasteiger partial charge on any atom is 0.257 e. The molecule has 1 atom stereocenters. The highest BCUT2D eigenvalue weighted by molar-refractivity contribution is 7.21. The summed E-state index contributed by atoms with van der Waals surface area (Å²) in [5.41, 5.74) is 4.90. The lowest BCUT2D eigenvalue weighted by Gasteiger charge is -2.28. The average Bonchev–Trinajstić information content (AvgIpc) is 3.66. The van der Waals surface area contributed by atoms with Crippen LogP contribution in [-0.2, 0) is 16.1 Å². The van der Waals surface area contributed by atoms with E-state index in [-0.39, 0.29) is 30.7 Å². The van der Waals surface area contributed by atoms with Crippen molar-refractivity contribution in [3.05, 3.63) is 106 Å². The third-order valence-corrected chi connectivity index (χ3v) is 8.89. The molecule has 3 aromatic carbocycles. The van der Waals surface area contributed by atoms with Crippen molar-refractivity contribution in [1.82, 2.24) is 9.88 Å². The molecule has 1 aliphatic rings. The van der Waals surface area contributed by atoms with Crippen LogP contribution >= 0.6 is 22.7 Å². The summed E-state index contributed by atoms with van der Waals surface area (Å²) < 4.78 is 1.12. The molecule has 1 saturated heterocycles. The molecule has 5 aromatic rings. The van der Waals surface area contributed by atoms with Crippen LogP contribution in [0, 0.1) is 13.8 Å². The lowest BCUT2D eigenvalue weighted by atomic mass is 10.1. The van der Waals surface area contributed by atoms with Gasteiger partial charge in [0.25, 0.3) is 11.8 Å².